The van der Waals surface area contributed by atoms with Crippen LogP contribution in [0.3, 0.4) is 0 Å². The van der Waals surface area contributed by atoms with Gasteiger partial charge in [0.2, 0.25) is 0 Å². The summed E-state index contributed by atoms with van der Waals surface area (Å²) in [5.74, 6) is 0. The molecule has 3 nitrogen and oxygen atoms in total. The van der Waals surface area contributed by atoms with Gasteiger partial charge in [0.15, 0.2) is 0 Å². The van der Waals surface area contributed by atoms with Crippen LogP contribution in [0.1, 0.15) is 2.74 Å². The van der Waals surface area contributed by atoms with Gasteiger partial charge in [0.1, 0.15) is 10.0 Å². The molecule has 0 unspecified atom stereocenters. The zero-order valence-electron chi connectivity index (χ0n) is 31.4. The number of thiazole rings is 2. The van der Waals surface area contributed by atoms with E-state index in [9.17, 15) is 2.74 Å². The molecule has 0 saturated heterocycles. The standard InChI is InChI=1S/C50H31N3S2/c1-2-9-35-31-44-38(28-34(35)8-1)10-7-11-43(44)39-17-16-37-30-42(27-22-36(37)29-39)53(40-23-18-32(19-24-40)49-51-45-12-3-5-14-47(45)54-49)41-25-20-33(21-26-41)50-52-46-13-4-6-15-48(46)55-50/h1-31H/i16D,22D. The molecule has 11 rings (SSSR count). The van der Waals surface area contributed by atoms with E-state index in [0.717, 1.165) is 91.3 Å². The van der Waals surface area contributed by atoms with Crippen LogP contribution in [0.15, 0.2) is 188 Å². The molecule has 258 valence electrons. The molecule has 9 aromatic carbocycles. The molecule has 0 aliphatic heterocycles. The summed E-state index contributed by atoms with van der Waals surface area (Å²) in [6, 6.07) is 61.4. The highest BCUT2D eigenvalue weighted by molar-refractivity contribution is 7.22. The Kier molecular flexibility index (Phi) is 7.05. The van der Waals surface area contributed by atoms with Gasteiger partial charge in [-0.2, -0.15) is 0 Å². The molecule has 0 amide bonds. The van der Waals surface area contributed by atoms with Gasteiger partial charge in [-0.15, -0.1) is 22.7 Å². The monoisotopic (exact) mass is 739 g/mol. The second-order valence-electron chi connectivity index (χ2n) is 13.7. The van der Waals surface area contributed by atoms with Crippen LogP contribution in [0.25, 0.3) is 85.0 Å². The molecule has 11 aromatic rings. The number of anilines is 3. The van der Waals surface area contributed by atoms with Crippen molar-refractivity contribution in [3.63, 3.8) is 0 Å². The van der Waals surface area contributed by atoms with Gasteiger partial charge in [0.05, 0.1) is 23.2 Å². The lowest BCUT2D eigenvalue weighted by molar-refractivity contribution is 1.29. The molecule has 2 heterocycles. The van der Waals surface area contributed by atoms with E-state index in [-0.39, 0.29) is 0 Å². The number of nitrogens with zero attached hydrogens (tertiary/aromatic N) is 3. The van der Waals surface area contributed by atoms with Crippen LogP contribution >= 0.6 is 22.7 Å². The van der Waals surface area contributed by atoms with E-state index in [4.69, 9.17) is 9.97 Å². The van der Waals surface area contributed by atoms with Crippen molar-refractivity contribution in [2.45, 2.75) is 0 Å². The summed E-state index contributed by atoms with van der Waals surface area (Å²) in [4.78, 5) is 12.0. The average molecular weight is 740 g/mol. The number of aromatic nitrogens is 2. The SMILES string of the molecule is [2H]c1cc(N(c2ccc(-c3nc4ccccc4s3)cc2)c2ccc(-c3nc4ccccc4s3)cc2)cc2c([2H])cc(-c3cccc4cc5ccccc5cc34)cc12. The third kappa shape index (κ3) is 5.73. The topological polar surface area (TPSA) is 29.0 Å². The van der Waals surface area contributed by atoms with Gasteiger partial charge in [-0.25, -0.2) is 9.97 Å². The van der Waals surface area contributed by atoms with Gasteiger partial charge in [-0.1, -0.05) is 84.9 Å². The lowest BCUT2D eigenvalue weighted by atomic mass is 9.94. The first-order valence-corrected chi connectivity index (χ1v) is 19.8. The van der Waals surface area contributed by atoms with Crippen LogP contribution in [0.4, 0.5) is 17.1 Å². The van der Waals surface area contributed by atoms with Crippen molar-refractivity contribution in [3.05, 3.63) is 188 Å². The maximum absolute atomic E-state index is 9.42. The second kappa shape index (κ2) is 13.0. The van der Waals surface area contributed by atoms with E-state index < -0.39 is 0 Å². The van der Waals surface area contributed by atoms with E-state index in [0.29, 0.717) is 12.1 Å². The van der Waals surface area contributed by atoms with Crippen molar-refractivity contribution >= 4 is 92.5 Å². The van der Waals surface area contributed by atoms with Crippen LogP contribution in [0.5, 0.6) is 0 Å². The number of fused-ring (bicyclic) bond motifs is 5. The summed E-state index contributed by atoms with van der Waals surface area (Å²) < 4.78 is 21.1. The van der Waals surface area contributed by atoms with Crippen LogP contribution in [0.2, 0.25) is 0 Å². The van der Waals surface area contributed by atoms with Crippen molar-refractivity contribution in [1.82, 2.24) is 9.97 Å². The molecule has 5 heteroatoms. The minimum atomic E-state index is 0.366. The Labute approximate surface area is 328 Å². The highest BCUT2D eigenvalue weighted by Crippen LogP contribution is 2.41. The van der Waals surface area contributed by atoms with E-state index in [1.807, 2.05) is 36.4 Å². The summed E-state index contributed by atoms with van der Waals surface area (Å²) in [5, 5.41) is 8.09. The van der Waals surface area contributed by atoms with Gasteiger partial charge in [-0.05, 0) is 147 Å². The number of hydrogen-bond acceptors (Lipinski definition) is 5. The van der Waals surface area contributed by atoms with Gasteiger partial charge < -0.3 is 4.90 Å². The minimum absolute atomic E-state index is 0.366. The van der Waals surface area contributed by atoms with Crippen molar-refractivity contribution in [2.24, 2.45) is 0 Å². The first kappa shape index (κ1) is 29.8. The second-order valence-corrected chi connectivity index (χ2v) is 15.8. The molecule has 0 saturated carbocycles. The lowest BCUT2D eigenvalue weighted by Crippen LogP contribution is -2.09. The number of hydrogen-bond donors (Lipinski definition) is 0. The highest BCUT2D eigenvalue weighted by atomic mass is 32.1. The zero-order chi connectivity index (χ0) is 38.0. The average Bonchev–Trinajstić information content (AvgIpc) is 3.89. The van der Waals surface area contributed by atoms with E-state index in [1.165, 1.54) is 10.8 Å². The Morgan fingerprint density at radius 1 is 0.400 bits per heavy atom. The van der Waals surface area contributed by atoms with Crippen molar-refractivity contribution in [3.8, 4) is 32.3 Å². The molecule has 2 aromatic heterocycles. The van der Waals surface area contributed by atoms with E-state index in [2.05, 4.69) is 144 Å². The largest absolute Gasteiger partial charge is 0.310 e. The van der Waals surface area contributed by atoms with E-state index in [1.54, 1.807) is 22.7 Å². The maximum atomic E-state index is 9.42. The number of rotatable bonds is 6. The summed E-state index contributed by atoms with van der Waals surface area (Å²) in [6.07, 6.45) is 0. The minimum Gasteiger partial charge on any atom is -0.310 e. The van der Waals surface area contributed by atoms with Gasteiger partial charge in [-0.3, -0.25) is 0 Å². The fourth-order valence-corrected chi connectivity index (χ4v) is 9.48. The van der Waals surface area contributed by atoms with Crippen LogP contribution in [-0.4, -0.2) is 9.97 Å². The van der Waals surface area contributed by atoms with E-state index >= 15 is 0 Å². The summed E-state index contributed by atoms with van der Waals surface area (Å²) >= 11 is 3.38. The zero-order valence-corrected chi connectivity index (χ0v) is 31.0. The molecule has 0 bridgehead atoms. The molecule has 0 spiro atoms. The Morgan fingerprint density at radius 3 is 1.58 bits per heavy atom. The molecule has 0 radical (unpaired) electrons. The Hall–Kier alpha value is -6.66. The molecular weight excluding hydrogens is 707 g/mol. The fraction of sp³-hybridized carbons (Fsp3) is 0. The van der Waals surface area contributed by atoms with Crippen molar-refractivity contribution < 1.29 is 2.74 Å². The predicted octanol–water partition coefficient (Wildman–Crippen LogP) is 14.8. The first-order chi connectivity index (χ1) is 28.0. The Morgan fingerprint density at radius 2 is 0.945 bits per heavy atom. The third-order valence-electron chi connectivity index (χ3n) is 10.3. The molecule has 0 N–H and O–H groups in total. The Bertz CT molecular complexity index is 3150. The number of para-hydroxylation sites is 2. The summed E-state index contributed by atoms with van der Waals surface area (Å²) in [6.45, 7) is 0. The number of benzene rings is 9. The summed E-state index contributed by atoms with van der Waals surface area (Å²) in [5.41, 5.74) is 8.78. The van der Waals surface area contributed by atoms with Crippen LogP contribution < -0.4 is 4.90 Å². The quantitative estimate of drug-likeness (QED) is 0.159. The summed E-state index contributed by atoms with van der Waals surface area (Å²) in [7, 11) is 0. The normalized spacial score (nSPS) is 12.1. The smallest absolute Gasteiger partial charge is 0.124 e. The molecular formula is C50H31N3S2. The first-order valence-electron chi connectivity index (χ1n) is 19.2. The molecule has 0 aliphatic carbocycles. The third-order valence-corrected chi connectivity index (χ3v) is 12.5. The predicted molar refractivity (Wildman–Crippen MR) is 236 cm³/mol. The van der Waals surface area contributed by atoms with Crippen LogP contribution in [-0.2, 0) is 0 Å². The van der Waals surface area contributed by atoms with Crippen molar-refractivity contribution in [2.75, 3.05) is 4.90 Å². The van der Waals surface area contributed by atoms with Gasteiger partial charge in [0.25, 0.3) is 0 Å². The maximum Gasteiger partial charge on any atom is 0.124 e. The molecule has 0 atom stereocenters. The van der Waals surface area contributed by atoms with Crippen molar-refractivity contribution in [1.29, 1.82) is 0 Å². The highest BCUT2D eigenvalue weighted by Gasteiger charge is 2.16. The van der Waals surface area contributed by atoms with Crippen LogP contribution in [0, 0.1) is 0 Å². The Balaban J connectivity index is 1.02. The molecule has 0 fully saturated rings. The lowest BCUT2D eigenvalue weighted by Gasteiger charge is -2.26. The molecule has 0 aliphatic rings. The van der Waals surface area contributed by atoms with Gasteiger partial charge in [0, 0.05) is 28.2 Å². The molecule has 55 heavy (non-hydrogen) atoms. The fourth-order valence-electron chi connectivity index (χ4n) is 7.54. The van der Waals surface area contributed by atoms with Gasteiger partial charge >= 0.3 is 0 Å².